The van der Waals surface area contributed by atoms with Gasteiger partial charge >= 0.3 is 0 Å². The van der Waals surface area contributed by atoms with Crippen LogP contribution >= 0.6 is 11.8 Å². The molecule has 0 radical (unpaired) electrons. The second kappa shape index (κ2) is 7.81. The van der Waals surface area contributed by atoms with Crippen molar-refractivity contribution in [2.24, 2.45) is 0 Å². The zero-order valence-corrected chi connectivity index (χ0v) is 13.6. The average Bonchev–Trinajstić information content (AvgIpc) is 2.36. The summed E-state index contributed by atoms with van der Waals surface area (Å²) in [7, 11) is 1.74. The highest BCUT2D eigenvalue weighted by molar-refractivity contribution is 8.00. The van der Waals surface area contributed by atoms with Gasteiger partial charge in [-0.05, 0) is 24.6 Å². The van der Waals surface area contributed by atoms with Gasteiger partial charge in [0.05, 0.1) is 7.11 Å². The van der Waals surface area contributed by atoms with Gasteiger partial charge in [0.2, 0.25) is 0 Å². The summed E-state index contributed by atoms with van der Waals surface area (Å²) in [5, 5.41) is 3.58. The van der Waals surface area contributed by atoms with Crippen molar-refractivity contribution >= 4 is 11.8 Å². The Hall–Kier alpha value is -0.670. The molecule has 1 rings (SSSR count). The van der Waals surface area contributed by atoms with E-state index in [-0.39, 0.29) is 0 Å². The van der Waals surface area contributed by atoms with Crippen LogP contribution in [0.2, 0.25) is 0 Å². The highest BCUT2D eigenvalue weighted by atomic mass is 32.2. The minimum atomic E-state index is 0.314. The van der Waals surface area contributed by atoms with E-state index in [0.717, 1.165) is 24.5 Å². The molecule has 0 fully saturated rings. The van der Waals surface area contributed by atoms with Crippen LogP contribution < -0.4 is 10.1 Å². The number of benzene rings is 1. The first-order valence-electron chi connectivity index (χ1n) is 6.95. The van der Waals surface area contributed by atoms with Crippen LogP contribution in [0.4, 0.5) is 0 Å². The van der Waals surface area contributed by atoms with Gasteiger partial charge in [-0.2, -0.15) is 11.8 Å². The summed E-state index contributed by atoms with van der Waals surface area (Å²) >= 11 is 2.01. The lowest BCUT2D eigenvalue weighted by Crippen LogP contribution is -2.34. The van der Waals surface area contributed by atoms with Crippen molar-refractivity contribution in [2.45, 2.75) is 44.9 Å². The number of ether oxygens (including phenoxy) is 1. The molecule has 0 spiro atoms. The number of thioether (sulfide) groups is 1. The summed E-state index contributed by atoms with van der Waals surface area (Å²) in [5.41, 5.74) is 1.28. The van der Waals surface area contributed by atoms with Crippen molar-refractivity contribution in [3.05, 3.63) is 29.8 Å². The molecule has 0 saturated carbocycles. The van der Waals surface area contributed by atoms with Gasteiger partial charge in [-0.15, -0.1) is 0 Å². The van der Waals surface area contributed by atoms with Crippen LogP contribution in [-0.2, 0) is 6.42 Å². The Morgan fingerprint density at radius 2 is 1.95 bits per heavy atom. The number of para-hydroxylation sites is 1. The second-order valence-corrected chi connectivity index (χ2v) is 7.54. The minimum Gasteiger partial charge on any atom is -0.496 e. The topological polar surface area (TPSA) is 21.3 Å². The molecular weight excluding hydrogens is 254 g/mol. The largest absolute Gasteiger partial charge is 0.496 e. The first kappa shape index (κ1) is 16.4. The van der Waals surface area contributed by atoms with Gasteiger partial charge in [0.15, 0.2) is 0 Å². The summed E-state index contributed by atoms with van der Waals surface area (Å²) < 4.78 is 5.75. The van der Waals surface area contributed by atoms with E-state index in [9.17, 15) is 0 Å². The molecule has 1 unspecified atom stereocenters. The Bertz CT molecular complexity index is 373. The average molecular weight is 281 g/mol. The molecule has 0 saturated heterocycles. The molecule has 1 atom stereocenters. The summed E-state index contributed by atoms with van der Waals surface area (Å²) in [5.74, 6) is 2.11. The van der Waals surface area contributed by atoms with Gasteiger partial charge in [0.1, 0.15) is 5.75 Å². The molecule has 0 aliphatic rings. The van der Waals surface area contributed by atoms with Crippen molar-refractivity contribution in [2.75, 3.05) is 19.4 Å². The lowest BCUT2D eigenvalue weighted by Gasteiger charge is -2.24. The van der Waals surface area contributed by atoms with E-state index in [1.165, 1.54) is 5.56 Å². The predicted octanol–water partition coefficient (Wildman–Crippen LogP) is 3.75. The van der Waals surface area contributed by atoms with E-state index < -0.39 is 0 Å². The zero-order chi connectivity index (χ0) is 14.3. The lowest BCUT2D eigenvalue weighted by atomic mass is 10.1. The van der Waals surface area contributed by atoms with E-state index in [0.29, 0.717) is 10.8 Å². The van der Waals surface area contributed by atoms with Crippen LogP contribution in [0.3, 0.4) is 0 Å². The molecule has 0 amide bonds. The molecule has 1 aromatic rings. The number of hydrogen-bond donors (Lipinski definition) is 1. The summed E-state index contributed by atoms with van der Waals surface area (Å²) in [6, 6.07) is 8.79. The van der Waals surface area contributed by atoms with Crippen LogP contribution in [-0.4, -0.2) is 30.2 Å². The molecule has 0 aromatic heterocycles. The molecule has 0 heterocycles. The van der Waals surface area contributed by atoms with Gasteiger partial charge in [0, 0.05) is 16.5 Å². The number of nitrogens with one attached hydrogen (secondary N) is 1. The Morgan fingerprint density at radius 3 is 2.53 bits per heavy atom. The third kappa shape index (κ3) is 6.35. The maximum atomic E-state index is 5.44. The predicted molar refractivity (Wildman–Crippen MR) is 86.4 cm³/mol. The molecule has 1 N–H and O–H groups in total. The Labute approximate surface area is 122 Å². The van der Waals surface area contributed by atoms with Crippen molar-refractivity contribution in [3.63, 3.8) is 0 Å². The second-order valence-electron chi connectivity index (χ2n) is 5.69. The molecule has 2 nitrogen and oxygen atoms in total. The molecular formula is C16H27NOS. The maximum Gasteiger partial charge on any atom is 0.122 e. The fraction of sp³-hybridized carbons (Fsp3) is 0.625. The van der Waals surface area contributed by atoms with Crippen LogP contribution in [0, 0.1) is 0 Å². The molecule has 108 valence electrons. The normalized spacial score (nSPS) is 13.3. The Balaban J connectivity index is 2.66. The van der Waals surface area contributed by atoms with Gasteiger partial charge in [-0.25, -0.2) is 0 Å². The van der Waals surface area contributed by atoms with Crippen molar-refractivity contribution in [3.8, 4) is 5.75 Å². The minimum absolute atomic E-state index is 0.314. The van der Waals surface area contributed by atoms with Gasteiger partial charge in [0.25, 0.3) is 0 Å². The monoisotopic (exact) mass is 281 g/mol. The molecule has 3 heteroatoms. The van der Waals surface area contributed by atoms with E-state index in [2.05, 4.69) is 45.1 Å². The van der Waals surface area contributed by atoms with Gasteiger partial charge in [-0.3, -0.25) is 0 Å². The van der Waals surface area contributed by atoms with Crippen molar-refractivity contribution in [1.82, 2.24) is 5.32 Å². The first-order chi connectivity index (χ1) is 8.96. The third-order valence-electron chi connectivity index (χ3n) is 2.87. The van der Waals surface area contributed by atoms with E-state index in [1.54, 1.807) is 7.11 Å². The highest BCUT2D eigenvalue weighted by Crippen LogP contribution is 2.26. The van der Waals surface area contributed by atoms with E-state index >= 15 is 0 Å². The quantitative estimate of drug-likeness (QED) is 0.822. The molecule has 1 aromatic carbocycles. The molecule has 19 heavy (non-hydrogen) atoms. The molecule has 0 bridgehead atoms. The van der Waals surface area contributed by atoms with Crippen LogP contribution in [0.5, 0.6) is 5.75 Å². The number of hydrogen-bond acceptors (Lipinski definition) is 3. The van der Waals surface area contributed by atoms with Gasteiger partial charge < -0.3 is 10.1 Å². The van der Waals surface area contributed by atoms with Crippen LogP contribution in [0.15, 0.2) is 24.3 Å². The maximum absolute atomic E-state index is 5.44. The number of methoxy groups -OCH3 is 1. The van der Waals surface area contributed by atoms with Crippen molar-refractivity contribution < 1.29 is 4.74 Å². The fourth-order valence-corrected chi connectivity index (χ4v) is 2.90. The number of likely N-dealkylation sites (N-methyl/N-ethyl adjacent to an activating group) is 1. The Morgan fingerprint density at radius 1 is 1.26 bits per heavy atom. The first-order valence-corrected chi connectivity index (χ1v) is 7.94. The molecule has 0 aliphatic carbocycles. The Kier molecular flexibility index (Phi) is 6.73. The molecule has 0 aliphatic heterocycles. The zero-order valence-electron chi connectivity index (χ0n) is 12.8. The van der Waals surface area contributed by atoms with Crippen LogP contribution in [0.25, 0.3) is 0 Å². The summed E-state index contributed by atoms with van der Waals surface area (Å²) in [6.45, 7) is 9.97. The van der Waals surface area contributed by atoms with Crippen LogP contribution in [0.1, 0.15) is 33.3 Å². The third-order valence-corrected chi connectivity index (χ3v) is 4.30. The summed E-state index contributed by atoms with van der Waals surface area (Å²) in [4.78, 5) is 0. The van der Waals surface area contributed by atoms with E-state index in [1.807, 2.05) is 23.9 Å². The summed E-state index contributed by atoms with van der Waals surface area (Å²) in [6.07, 6.45) is 1.01. The van der Waals surface area contributed by atoms with Crippen molar-refractivity contribution in [1.29, 1.82) is 0 Å². The fourth-order valence-electron chi connectivity index (χ4n) is 1.97. The highest BCUT2D eigenvalue weighted by Gasteiger charge is 2.16. The standard InChI is InChI=1S/C16H27NOS/c1-6-17-14(12-19-16(2,3)4)11-13-9-7-8-10-15(13)18-5/h7-10,14,17H,6,11-12H2,1-5H3. The number of rotatable bonds is 7. The van der Waals surface area contributed by atoms with E-state index in [4.69, 9.17) is 4.74 Å². The SMILES string of the molecule is CCNC(CSC(C)(C)C)Cc1ccccc1OC. The van der Waals surface area contributed by atoms with Gasteiger partial charge in [-0.1, -0.05) is 45.9 Å². The lowest BCUT2D eigenvalue weighted by molar-refractivity contribution is 0.406. The smallest absolute Gasteiger partial charge is 0.122 e.